The molecular weight excluding hydrogens is 356 g/mol. The number of aryl methyl sites for hydroxylation is 3. The molecule has 27 heavy (non-hydrogen) atoms. The number of rotatable bonds is 4. The van der Waals surface area contributed by atoms with Crippen molar-refractivity contribution in [2.24, 2.45) is 0 Å². The summed E-state index contributed by atoms with van der Waals surface area (Å²) < 4.78 is 6.56. The van der Waals surface area contributed by atoms with E-state index in [0.29, 0.717) is 17.2 Å². The third-order valence-corrected chi connectivity index (χ3v) is 5.70. The van der Waals surface area contributed by atoms with Crippen molar-refractivity contribution in [2.45, 2.75) is 27.3 Å². The topological polar surface area (TPSA) is 46.3 Å². The van der Waals surface area contributed by atoms with Crippen LogP contribution in [0.2, 0.25) is 0 Å². The van der Waals surface area contributed by atoms with Crippen LogP contribution in [0, 0.1) is 20.8 Å². The fraction of sp³-hybridized carbons (Fsp3) is 0.182. The molecule has 1 amide bonds. The molecule has 5 heteroatoms. The molecule has 0 bridgehead atoms. The minimum Gasteiger partial charge on any atom is -0.467 e. The van der Waals surface area contributed by atoms with E-state index >= 15 is 0 Å². The molecule has 0 N–H and O–H groups in total. The highest BCUT2D eigenvalue weighted by atomic mass is 32.1. The van der Waals surface area contributed by atoms with Crippen molar-refractivity contribution < 1.29 is 9.21 Å². The second kappa shape index (κ2) is 7.00. The molecule has 0 saturated heterocycles. The summed E-state index contributed by atoms with van der Waals surface area (Å²) in [4.78, 5) is 19.7. The van der Waals surface area contributed by atoms with Gasteiger partial charge in [-0.3, -0.25) is 9.69 Å². The fourth-order valence-electron chi connectivity index (χ4n) is 2.92. The number of benzene rings is 2. The molecule has 2 heterocycles. The number of anilines is 1. The Hall–Kier alpha value is -2.92. The van der Waals surface area contributed by atoms with E-state index in [9.17, 15) is 4.79 Å². The van der Waals surface area contributed by atoms with Crippen molar-refractivity contribution in [1.29, 1.82) is 0 Å². The summed E-state index contributed by atoms with van der Waals surface area (Å²) in [5.41, 5.74) is 5.09. The normalized spacial score (nSPS) is 11.1. The van der Waals surface area contributed by atoms with Crippen LogP contribution in [0.5, 0.6) is 0 Å². The monoisotopic (exact) mass is 376 g/mol. The lowest BCUT2D eigenvalue weighted by molar-refractivity contribution is 0.0983. The molecule has 0 aliphatic rings. The summed E-state index contributed by atoms with van der Waals surface area (Å²) in [7, 11) is 0. The summed E-state index contributed by atoms with van der Waals surface area (Å²) in [6.45, 7) is 6.52. The summed E-state index contributed by atoms with van der Waals surface area (Å²) in [6.07, 6.45) is 1.62. The molecule has 4 nitrogen and oxygen atoms in total. The first-order valence-corrected chi connectivity index (χ1v) is 9.61. The lowest BCUT2D eigenvalue weighted by Crippen LogP contribution is -2.30. The van der Waals surface area contributed by atoms with E-state index in [2.05, 4.69) is 26.0 Å². The van der Waals surface area contributed by atoms with Crippen molar-refractivity contribution in [2.75, 3.05) is 4.90 Å². The van der Waals surface area contributed by atoms with E-state index in [-0.39, 0.29) is 5.91 Å². The van der Waals surface area contributed by atoms with Gasteiger partial charge >= 0.3 is 0 Å². The van der Waals surface area contributed by atoms with Gasteiger partial charge in [0.2, 0.25) is 0 Å². The van der Waals surface area contributed by atoms with Gasteiger partial charge in [0, 0.05) is 5.56 Å². The van der Waals surface area contributed by atoms with Gasteiger partial charge < -0.3 is 4.42 Å². The van der Waals surface area contributed by atoms with Crippen molar-refractivity contribution in [1.82, 2.24) is 4.98 Å². The predicted octanol–water partition coefficient (Wildman–Crippen LogP) is 5.66. The molecule has 4 aromatic rings. The number of hydrogen-bond acceptors (Lipinski definition) is 4. The number of hydrogen-bond donors (Lipinski definition) is 0. The maximum Gasteiger partial charge on any atom is 0.260 e. The van der Waals surface area contributed by atoms with Crippen molar-refractivity contribution in [3.63, 3.8) is 0 Å². The Kier molecular flexibility index (Phi) is 4.54. The summed E-state index contributed by atoms with van der Waals surface area (Å²) >= 11 is 1.53. The Labute approximate surface area is 162 Å². The van der Waals surface area contributed by atoms with Gasteiger partial charge in [-0.05, 0) is 68.3 Å². The standard InChI is InChI=1S/C22H20N2O2S/c1-14-6-8-17(9-7-14)21(25)24(13-18-5-4-10-26-18)22-23-19-11-15(2)16(3)12-20(19)27-22/h4-12H,13H2,1-3H3. The zero-order valence-electron chi connectivity index (χ0n) is 15.5. The van der Waals surface area contributed by atoms with Gasteiger partial charge in [0.1, 0.15) is 5.76 Å². The number of amides is 1. The van der Waals surface area contributed by atoms with E-state index in [0.717, 1.165) is 21.5 Å². The largest absolute Gasteiger partial charge is 0.467 e. The third kappa shape index (κ3) is 3.51. The molecule has 0 atom stereocenters. The average Bonchev–Trinajstić information content (AvgIpc) is 3.30. The van der Waals surface area contributed by atoms with Gasteiger partial charge in [0.25, 0.3) is 5.91 Å². The summed E-state index contributed by atoms with van der Waals surface area (Å²) in [6, 6.07) is 15.5. The van der Waals surface area contributed by atoms with Gasteiger partial charge in [-0.15, -0.1) is 0 Å². The number of furan rings is 1. The molecule has 0 spiro atoms. The van der Waals surface area contributed by atoms with Crippen molar-refractivity contribution in [3.05, 3.63) is 82.8 Å². The quantitative estimate of drug-likeness (QED) is 0.461. The lowest BCUT2D eigenvalue weighted by atomic mass is 10.1. The molecule has 0 fully saturated rings. The van der Waals surface area contributed by atoms with Crippen LogP contribution in [0.1, 0.15) is 32.8 Å². The SMILES string of the molecule is Cc1ccc(C(=O)N(Cc2ccco2)c2nc3cc(C)c(C)cc3s2)cc1. The number of carbonyl (C=O) groups excluding carboxylic acids is 1. The smallest absolute Gasteiger partial charge is 0.260 e. The van der Waals surface area contributed by atoms with E-state index in [1.807, 2.05) is 43.3 Å². The van der Waals surface area contributed by atoms with Crippen LogP contribution in [0.25, 0.3) is 10.2 Å². The van der Waals surface area contributed by atoms with Crippen LogP contribution >= 0.6 is 11.3 Å². The molecule has 0 saturated carbocycles. The summed E-state index contributed by atoms with van der Waals surface area (Å²) in [5.74, 6) is 0.640. The highest BCUT2D eigenvalue weighted by Gasteiger charge is 2.23. The lowest BCUT2D eigenvalue weighted by Gasteiger charge is -2.18. The zero-order chi connectivity index (χ0) is 19.0. The number of nitrogens with zero attached hydrogens (tertiary/aromatic N) is 2. The van der Waals surface area contributed by atoms with Crippen molar-refractivity contribution in [3.8, 4) is 0 Å². The average molecular weight is 376 g/mol. The maximum atomic E-state index is 13.2. The predicted molar refractivity (Wildman–Crippen MR) is 109 cm³/mol. The van der Waals surface area contributed by atoms with E-state index in [1.165, 1.54) is 22.5 Å². The molecule has 0 aliphatic heterocycles. The van der Waals surface area contributed by atoms with Crippen molar-refractivity contribution >= 4 is 32.6 Å². The number of fused-ring (bicyclic) bond motifs is 1. The van der Waals surface area contributed by atoms with E-state index in [4.69, 9.17) is 9.40 Å². The van der Waals surface area contributed by atoms with Crippen LogP contribution in [0.3, 0.4) is 0 Å². The Balaban J connectivity index is 1.77. The first-order chi connectivity index (χ1) is 13.0. The highest BCUT2D eigenvalue weighted by Crippen LogP contribution is 2.32. The van der Waals surface area contributed by atoms with Crippen LogP contribution in [0.15, 0.2) is 59.2 Å². The van der Waals surface area contributed by atoms with E-state index < -0.39 is 0 Å². The van der Waals surface area contributed by atoms with E-state index in [1.54, 1.807) is 11.2 Å². The highest BCUT2D eigenvalue weighted by molar-refractivity contribution is 7.22. The minimum atomic E-state index is -0.0844. The fourth-order valence-corrected chi connectivity index (χ4v) is 3.96. The van der Waals surface area contributed by atoms with Gasteiger partial charge in [-0.2, -0.15) is 0 Å². The Morgan fingerprint density at radius 3 is 2.52 bits per heavy atom. The zero-order valence-corrected chi connectivity index (χ0v) is 16.3. The first kappa shape index (κ1) is 17.5. The number of thiazole rings is 1. The van der Waals surface area contributed by atoms with Gasteiger partial charge in [0.05, 0.1) is 23.0 Å². The summed E-state index contributed by atoms with van der Waals surface area (Å²) in [5, 5.41) is 0.678. The van der Waals surface area contributed by atoms with Gasteiger partial charge in [-0.25, -0.2) is 4.98 Å². The van der Waals surface area contributed by atoms with Crippen LogP contribution in [-0.2, 0) is 6.54 Å². The Morgan fingerprint density at radius 1 is 1.07 bits per heavy atom. The second-order valence-electron chi connectivity index (χ2n) is 6.74. The molecule has 0 unspecified atom stereocenters. The molecule has 136 valence electrons. The Morgan fingerprint density at radius 2 is 1.81 bits per heavy atom. The molecule has 2 aromatic carbocycles. The van der Waals surface area contributed by atoms with Crippen LogP contribution in [-0.4, -0.2) is 10.9 Å². The maximum absolute atomic E-state index is 13.2. The number of aromatic nitrogens is 1. The Bertz CT molecular complexity index is 1060. The van der Waals surface area contributed by atoms with Gasteiger partial charge in [-0.1, -0.05) is 29.0 Å². The second-order valence-corrected chi connectivity index (χ2v) is 7.75. The molecule has 0 aliphatic carbocycles. The molecule has 4 rings (SSSR count). The first-order valence-electron chi connectivity index (χ1n) is 8.80. The third-order valence-electron chi connectivity index (χ3n) is 4.66. The van der Waals surface area contributed by atoms with Crippen LogP contribution < -0.4 is 4.90 Å². The molecule has 2 aromatic heterocycles. The number of carbonyl (C=O) groups is 1. The minimum absolute atomic E-state index is 0.0844. The van der Waals surface area contributed by atoms with Crippen LogP contribution in [0.4, 0.5) is 5.13 Å². The molecule has 0 radical (unpaired) electrons. The van der Waals surface area contributed by atoms with Gasteiger partial charge in [0.15, 0.2) is 5.13 Å². The molecular formula is C22H20N2O2S.